The van der Waals surface area contributed by atoms with Crippen LogP contribution in [0.1, 0.15) is 18.1 Å². The van der Waals surface area contributed by atoms with Gasteiger partial charge >= 0.3 is 0 Å². The van der Waals surface area contributed by atoms with Crippen molar-refractivity contribution in [1.82, 2.24) is 4.98 Å². The zero-order valence-electron chi connectivity index (χ0n) is 13.1. The van der Waals surface area contributed by atoms with Crippen LogP contribution >= 0.6 is 0 Å². The molecule has 1 aromatic carbocycles. The third-order valence-electron chi connectivity index (χ3n) is 3.36. The molecular formula is C17H21N3O2. The van der Waals surface area contributed by atoms with Gasteiger partial charge in [-0.2, -0.15) is 0 Å². The van der Waals surface area contributed by atoms with Crippen LogP contribution in [0.15, 0.2) is 36.5 Å². The summed E-state index contributed by atoms with van der Waals surface area (Å²) >= 11 is 0. The van der Waals surface area contributed by atoms with E-state index in [4.69, 9.17) is 10.5 Å². The smallest absolute Gasteiger partial charge is 0.228 e. The van der Waals surface area contributed by atoms with Gasteiger partial charge in [0.15, 0.2) is 0 Å². The second-order valence-corrected chi connectivity index (χ2v) is 5.38. The second kappa shape index (κ2) is 7.04. The Labute approximate surface area is 130 Å². The molecule has 2 rings (SSSR count). The van der Waals surface area contributed by atoms with Crippen molar-refractivity contribution in [2.24, 2.45) is 11.7 Å². The van der Waals surface area contributed by atoms with E-state index >= 15 is 0 Å². The van der Waals surface area contributed by atoms with Crippen molar-refractivity contribution in [2.75, 3.05) is 11.9 Å². The van der Waals surface area contributed by atoms with Gasteiger partial charge in [-0.25, -0.2) is 4.98 Å². The van der Waals surface area contributed by atoms with E-state index in [2.05, 4.69) is 10.3 Å². The Morgan fingerprint density at radius 3 is 2.77 bits per heavy atom. The van der Waals surface area contributed by atoms with Crippen LogP contribution in [-0.2, 0) is 4.79 Å². The predicted molar refractivity (Wildman–Crippen MR) is 87.1 cm³/mol. The number of nitrogens with one attached hydrogen (secondary N) is 1. The van der Waals surface area contributed by atoms with Gasteiger partial charge in [0.25, 0.3) is 0 Å². The highest BCUT2D eigenvalue weighted by molar-refractivity contribution is 5.92. The number of aromatic nitrogens is 1. The molecule has 1 amide bonds. The van der Waals surface area contributed by atoms with Crippen molar-refractivity contribution in [3.05, 3.63) is 47.7 Å². The van der Waals surface area contributed by atoms with Crippen LogP contribution in [0.3, 0.4) is 0 Å². The van der Waals surface area contributed by atoms with Crippen LogP contribution in [0.25, 0.3) is 0 Å². The zero-order valence-corrected chi connectivity index (χ0v) is 13.1. The quantitative estimate of drug-likeness (QED) is 0.889. The SMILES string of the molecule is Cc1ccnc(Oc2cc(NC(=O)C(C)CN)ccc2C)c1. The number of benzene rings is 1. The molecule has 5 heteroatoms. The number of carbonyl (C=O) groups is 1. The molecule has 0 spiro atoms. The lowest BCUT2D eigenvalue weighted by atomic mass is 10.1. The molecule has 0 saturated carbocycles. The van der Waals surface area contributed by atoms with Crippen molar-refractivity contribution < 1.29 is 9.53 Å². The van der Waals surface area contributed by atoms with Gasteiger partial charge in [-0.15, -0.1) is 0 Å². The van der Waals surface area contributed by atoms with Crippen molar-refractivity contribution in [3.8, 4) is 11.6 Å². The Morgan fingerprint density at radius 1 is 1.32 bits per heavy atom. The number of nitrogens with zero attached hydrogens (tertiary/aromatic N) is 1. The fraction of sp³-hybridized carbons (Fsp3) is 0.294. The van der Waals surface area contributed by atoms with E-state index in [1.807, 2.05) is 38.1 Å². The third-order valence-corrected chi connectivity index (χ3v) is 3.36. The number of anilines is 1. The summed E-state index contributed by atoms with van der Waals surface area (Å²) in [6.45, 7) is 6.03. The number of pyridine rings is 1. The lowest BCUT2D eigenvalue weighted by molar-refractivity contribution is -0.119. The molecule has 1 heterocycles. The van der Waals surface area contributed by atoms with Gasteiger partial charge in [-0.05, 0) is 37.1 Å². The summed E-state index contributed by atoms with van der Waals surface area (Å²) in [7, 11) is 0. The first-order valence-corrected chi connectivity index (χ1v) is 7.21. The average Bonchev–Trinajstić information content (AvgIpc) is 2.49. The molecule has 5 nitrogen and oxygen atoms in total. The van der Waals surface area contributed by atoms with Gasteiger partial charge in [0.05, 0.1) is 0 Å². The minimum absolute atomic E-state index is 0.106. The molecule has 1 atom stereocenters. The maximum Gasteiger partial charge on any atom is 0.228 e. The van der Waals surface area contributed by atoms with E-state index in [9.17, 15) is 4.79 Å². The molecule has 1 unspecified atom stereocenters. The van der Waals surface area contributed by atoms with Gasteiger partial charge in [-0.1, -0.05) is 13.0 Å². The molecule has 0 aliphatic heterocycles. The molecule has 3 N–H and O–H groups in total. The Kier molecular flexibility index (Phi) is 5.12. The average molecular weight is 299 g/mol. The lowest BCUT2D eigenvalue weighted by Crippen LogP contribution is -2.26. The monoisotopic (exact) mass is 299 g/mol. The highest BCUT2D eigenvalue weighted by atomic mass is 16.5. The molecule has 0 bridgehead atoms. The minimum Gasteiger partial charge on any atom is -0.439 e. The molecular weight excluding hydrogens is 278 g/mol. The number of rotatable bonds is 5. The minimum atomic E-state index is -0.232. The first kappa shape index (κ1) is 16.0. The number of hydrogen-bond acceptors (Lipinski definition) is 4. The number of hydrogen-bond donors (Lipinski definition) is 2. The van der Waals surface area contributed by atoms with Crippen molar-refractivity contribution in [2.45, 2.75) is 20.8 Å². The van der Waals surface area contributed by atoms with Crippen LogP contribution in [0, 0.1) is 19.8 Å². The van der Waals surface area contributed by atoms with Gasteiger partial charge in [0.1, 0.15) is 5.75 Å². The first-order chi connectivity index (χ1) is 10.5. The van der Waals surface area contributed by atoms with Crippen LogP contribution < -0.4 is 15.8 Å². The van der Waals surface area contributed by atoms with Gasteiger partial charge in [0, 0.05) is 36.5 Å². The molecule has 0 aliphatic rings. The topological polar surface area (TPSA) is 77.2 Å². The standard InChI is InChI=1S/C17H21N3O2/c1-11-6-7-19-16(8-11)22-15-9-14(5-4-12(15)2)20-17(21)13(3)10-18/h4-9,13H,10,18H2,1-3H3,(H,20,21). The van der Waals surface area contributed by atoms with Crippen molar-refractivity contribution in [1.29, 1.82) is 0 Å². The number of carbonyl (C=O) groups excluding carboxylic acids is 1. The van der Waals surface area contributed by atoms with Crippen LogP contribution in [0.5, 0.6) is 11.6 Å². The van der Waals surface area contributed by atoms with E-state index < -0.39 is 0 Å². The Bertz CT molecular complexity index is 671. The summed E-state index contributed by atoms with van der Waals surface area (Å²) in [4.78, 5) is 16.1. The van der Waals surface area contributed by atoms with Crippen molar-refractivity contribution in [3.63, 3.8) is 0 Å². The van der Waals surface area contributed by atoms with Gasteiger partial charge in [-0.3, -0.25) is 4.79 Å². The van der Waals surface area contributed by atoms with E-state index in [0.29, 0.717) is 23.9 Å². The summed E-state index contributed by atoms with van der Waals surface area (Å²) < 4.78 is 5.81. The highest BCUT2D eigenvalue weighted by Gasteiger charge is 2.12. The maximum atomic E-state index is 11.9. The first-order valence-electron chi connectivity index (χ1n) is 7.21. The van der Waals surface area contributed by atoms with Gasteiger partial charge in [0.2, 0.25) is 11.8 Å². The van der Waals surface area contributed by atoms with Crippen LogP contribution in [-0.4, -0.2) is 17.4 Å². The number of amides is 1. The lowest BCUT2D eigenvalue weighted by Gasteiger charge is -2.13. The van der Waals surface area contributed by atoms with Gasteiger partial charge < -0.3 is 15.8 Å². The molecule has 116 valence electrons. The summed E-state index contributed by atoms with van der Waals surface area (Å²) in [6.07, 6.45) is 1.70. The molecule has 0 aliphatic carbocycles. The molecule has 0 fully saturated rings. The molecule has 2 aromatic rings. The Balaban J connectivity index is 2.18. The summed E-state index contributed by atoms with van der Waals surface area (Å²) in [6, 6.07) is 9.30. The summed E-state index contributed by atoms with van der Waals surface area (Å²) in [5.74, 6) is 0.855. The Hall–Kier alpha value is -2.40. The second-order valence-electron chi connectivity index (χ2n) is 5.38. The zero-order chi connectivity index (χ0) is 16.1. The molecule has 0 saturated heterocycles. The fourth-order valence-corrected chi connectivity index (χ4v) is 1.84. The number of aryl methyl sites for hydroxylation is 2. The van der Waals surface area contributed by atoms with E-state index in [-0.39, 0.29) is 11.8 Å². The predicted octanol–water partition coefficient (Wildman–Crippen LogP) is 3.02. The number of nitrogens with two attached hydrogens (primary N) is 1. The summed E-state index contributed by atoms with van der Waals surface area (Å²) in [5, 5.41) is 2.84. The molecule has 22 heavy (non-hydrogen) atoms. The molecule has 0 radical (unpaired) electrons. The Morgan fingerprint density at radius 2 is 2.09 bits per heavy atom. The van der Waals surface area contributed by atoms with E-state index in [0.717, 1.165) is 11.1 Å². The fourth-order valence-electron chi connectivity index (χ4n) is 1.84. The molecule has 1 aromatic heterocycles. The van der Waals surface area contributed by atoms with E-state index in [1.54, 1.807) is 19.2 Å². The van der Waals surface area contributed by atoms with Crippen LogP contribution in [0.4, 0.5) is 5.69 Å². The largest absolute Gasteiger partial charge is 0.439 e. The number of ether oxygens (including phenoxy) is 1. The van der Waals surface area contributed by atoms with Crippen LogP contribution in [0.2, 0.25) is 0 Å². The van der Waals surface area contributed by atoms with E-state index in [1.165, 1.54) is 0 Å². The summed E-state index contributed by atoms with van der Waals surface area (Å²) in [5.41, 5.74) is 8.22. The highest BCUT2D eigenvalue weighted by Crippen LogP contribution is 2.27. The maximum absolute atomic E-state index is 11.9. The third kappa shape index (κ3) is 4.05. The van der Waals surface area contributed by atoms with Crippen molar-refractivity contribution >= 4 is 11.6 Å². The normalized spacial score (nSPS) is 11.8.